The van der Waals surface area contributed by atoms with Crippen LogP contribution < -0.4 is 14.2 Å². The highest BCUT2D eigenvalue weighted by Gasteiger charge is 2.28. The first-order valence-corrected chi connectivity index (χ1v) is 10.7. The number of carbonyl (C=O) groups is 1. The number of ether oxygens (including phenoxy) is 4. The molecule has 1 aromatic heterocycles. The lowest BCUT2D eigenvalue weighted by molar-refractivity contribution is 0.0320. The van der Waals surface area contributed by atoms with Crippen molar-refractivity contribution in [2.45, 2.75) is 0 Å². The van der Waals surface area contributed by atoms with Gasteiger partial charge in [-0.15, -0.1) is 0 Å². The van der Waals surface area contributed by atoms with E-state index in [9.17, 15) is 9.90 Å². The van der Waals surface area contributed by atoms with Crippen molar-refractivity contribution in [2.24, 2.45) is 0 Å². The van der Waals surface area contributed by atoms with Crippen LogP contribution in [0.4, 0.5) is 0 Å². The molecule has 0 unspecified atom stereocenters. The van der Waals surface area contributed by atoms with E-state index in [1.54, 1.807) is 36.4 Å². The molecule has 0 saturated carbocycles. The Morgan fingerprint density at radius 2 is 1.85 bits per heavy atom. The van der Waals surface area contributed by atoms with Crippen molar-refractivity contribution in [1.29, 1.82) is 0 Å². The predicted molar refractivity (Wildman–Crippen MR) is 124 cm³/mol. The first kappa shape index (κ1) is 22.7. The maximum absolute atomic E-state index is 13.4. The minimum atomic E-state index is -0.349. The number of ketones is 1. The molecule has 0 atom stereocenters. The molecule has 33 heavy (non-hydrogen) atoms. The second-order valence-electron chi connectivity index (χ2n) is 7.49. The number of aromatic hydroxyl groups is 1. The number of para-hydroxylation sites is 1. The third kappa shape index (κ3) is 4.81. The van der Waals surface area contributed by atoms with E-state index in [-0.39, 0.29) is 22.8 Å². The molecule has 2 aromatic carbocycles. The summed E-state index contributed by atoms with van der Waals surface area (Å²) in [7, 11) is 3.00. The van der Waals surface area contributed by atoms with E-state index in [4.69, 9.17) is 23.4 Å². The molecule has 8 nitrogen and oxygen atoms in total. The van der Waals surface area contributed by atoms with Crippen molar-refractivity contribution in [2.75, 3.05) is 53.7 Å². The Morgan fingerprint density at radius 1 is 1.09 bits per heavy atom. The van der Waals surface area contributed by atoms with Crippen molar-refractivity contribution in [1.82, 2.24) is 4.90 Å². The van der Waals surface area contributed by atoms with Crippen LogP contribution in [-0.4, -0.2) is 69.5 Å². The van der Waals surface area contributed by atoms with Crippen LogP contribution in [-0.2, 0) is 4.74 Å². The largest absolute Gasteiger partial charge is 0.507 e. The van der Waals surface area contributed by atoms with Gasteiger partial charge in [0.25, 0.3) is 0 Å². The van der Waals surface area contributed by atoms with Crippen molar-refractivity contribution in [3.63, 3.8) is 0 Å². The molecule has 0 spiro atoms. The molecule has 1 saturated heterocycles. The molecular weight excluding hydrogens is 426 g/mol. The van der Waals surface area contributed by atoms with E-state index in [2.05, 4.69) is 4.90 Å². The van der Waals surface area contributed by atoms with Gasteiger partial charge >= 0.3 is 0 Å². The molecule has 4 rings (SSSR count). The summed E-state index contributed by atoms with van der Waals surface area (Å²) in [6.45, 7) is 4.06. The lowest BCUT2D eigenvalue weighted by Crippen LogP contribution is -2.38. The molecule has 0 amide bonds. The van der Waals surface area contributed by atoms with Crippen molar-refractivity contribution >= 4 is 22.8 Å². The number of hydrogen-bond acceptors (Lipinski definition) is 8. The summed E-state index contributed by atoms with van der Waals surface area (Å²) >= 11 is 0. The Kier molecular flexibility index (Phi) is 7.16. The van der Waals surface area contributed by atoms with Gasteiger partial charge in [0.05, 0.1) is 39.1 Å². The fraction of sp³-hybridized carbons (Fsp3) is 0.320. The van der Waals surface area contributed by atoms with Crippen LogP contribution in [0.2, 0.25) is 0 Å². The fourth-order valence-corrected chi connectivity index (χ4v) is 3.86. The Bertz CT molecular complexity index is 1150. The number of phenolic OH excluding ortho intramolecular Hbond substituents is 1. The molecule has 174 valence electrons. The van der Waals surface area contributed by atoms with E-state index in [1.165, 1.54) is 26.6 Å². The van der Waals surface area contributed by atoms with Crippen LogP contribution in [0, 0.1) is 0 Å². The minimum Gasteiger partial charge on any atom is -0.507 e. The molecule has 0 radical (unpaired) electrons. The summed E-state index contributed by atoms with van der Waals surface area (Å²) in [6.07, 6.45) is 4.45. The number of rotatable bonds is 9. The zero-order chi connectivity index (χ0) is 23.2. The SMILES string of the molecule is COc1c(C(=O)/C=C\c2ccccc2O)c(OCCN2CCOCC2)c(OC)c2occc12. The smallest absolute Gasteiger partial charge is 0.205 e. The van der Waals surface area contributed by atoms with Crippen LogP contribution in [0.5, 0.6) is 23.0 Å². The van der Waals surface area contributed by atoms with Crippen LogP contribution >= 0.6 is 0 Å². The first-order chi connectivity index (χ1) is 16.1. The number of carbonyl (C=O) groups excluding carboxylic acids is 1. The van der Waals surface area contributed by atoms with Gasteiger partial charge < -0.3 is 28.5 Å². The standard InChI is InChI=1S/C25H27NO7/c1-29-22-18-9-13-32-23(18)25(30-2)24(33-16-12-26-10-14-31-15-11-26)21(22)20(28)8-7-17-5-3-4-6-19(17)27/h3-9,13,27H,10-12,14-16H2,1-2H3/b8-7-. The second kappa shape index (κ2) is 10.4. The topological polar surface area (TPSA) is 90.6 Å². The zero-order valence-electron chi connectivity index (χ0n) is 18.7. The van der Waals surface area contributed by atoms with Gasteiger partial charge in [-0.3, -0.25) is 9.69 Å². The Hall–Kier alpha value is -3.49. The lowest BCUT2D eigenvalue weighted by atomic mass is 10.0. The number of fused-ring (bicyclic) bond motifs is 1. The molecule has 3 aromatic rings. The Labute approximate surface area is 191 Å². The summed E-state index contributed by atoms with van der Waals surface area (Å²) < 4.78 is 28.4. The first-order valence-electron chi connectivity index (χ1n) is 10.7. The molecule has 1 aliphatic heterocycles. The fourth-order valence-electron chi connectivity index (χ4n) is 3.86. The summed E-state index contributed by atoms with van der Waals surface area (Å²) in [5, 5.41) is 10.6. The number of benzene rings is 2. The van der Waals surface area contributed by atoms with Crippen molar-refractivity contribution < 1.29 is 33.3 Å². The number of furan rings is 1. The number of allylic oxidation sites excluding steroid dienone is 1. The Morgan fingerprint density at radius 3 is 2.58 bits per heavy atom. The number of phenols is 1. The van der Waals surface area contributed by atoms with Gasteiger partial charge in [0.15, 0.2) is 17.1 Å². The zero-order valence-corrected chi connectivity index (χ0v) is 18.7. The monoisotopic (exact) mass is 453 g/mol. The van der Waals surface area contributed by atoms with Gasteiger partial charge in [0, 0.05) is 25.2 Å². The van der Waals surface area contributed by atoms with Gasteiger partial charge in [0.2, 0.25) is 5.75 Å². The second-order valence-corrected chi connectivity index (χ2v) is 7.49. The molecular formula is C25H27NO7. The van der Waals surface area contributed by atoms with Gasteiger partial charge in [-0.25, -0.2) is 0 Å². The summed E-state index contributed by atoms with van der Waals surface area (Å²) in [4.78, 5) is 15.6. The van der Waals surface area contributed by atoms with E-state index in [1.807, 2.05) is 0 Å². The normalized spacial score (nSPS) is 14.6. The highest BCUT2D eigenvalue weighted by molar-refractivity contribution is 6.15. The van der Waals surface area contributed by atoms with Crippen LogP contribution in [0.3, 0.4) is 0 Å². The molecule has 8 heteroatoms. The van der Waals surface area contributed by atoms with Gasteiger partial charge in [0.1, 0.15) is 23.7 Å². The van der Waals surface area contributed by atoms with Crippen LogP contribution in [0.15, 0.2) is 47.1 Å². The highest BCUT2D eigenvalue weighted by Crippen LogP contribution is 2.46. The average molecular weight is 453 g/mol. The van der Waals surface area contributed by atoms with E-state index < -0.39 is 0 Å². The lowest BCUT2D eigenvalue weighted by Gasteiger charge is -2.26. The maximum Gasteiger partial charge on any atom is 0.205 e. The third-order valence-corrected chi connectivity index (χ3v) is 5.54. The van der Waals surface area contributed by atoms with Crippen molar-refractivity contribution in [3.8, 4) is 23.0 Å². The van der Waals surface area contributed by atoms with E-state index in [0.717, 1.165) is 13.1 Å². The number of methoxy groups -OCH3 is 2. The van der Waals surface area contributed by atoms with Gasteiger partial charge in [-0.05, 0) is 24.3 Å². The molecule has 0 bridgehead atoms. The molecule has 0 aliphatic carbocycles. The van der Waals surface area contributed by atoms with Crippen molar-refractivity contribution in [3.05, 3.63) is 53.8 Å². The predicted octanol–water partition coefficient (Wildman–Crippen LogP) is 3.76. The quantitative estimate of drug-likeness (QED) is 0.387. The van der Waals surface area contributed by atoms with E-state index >= 15 is 0 Å². The van der Waals surface area contributed by atoms with Crippen LogP contribution in [0.1, 0.15) is 15.9 Å². The molecule has 2 heterocycles. The number of nitrogens with zero attached hydrogens (tertiary/aromatic N) is 1. The molecule has 1 aliphatic rings. The highest BCUT2D eigenvalue weighted by atomic mass is 16.5. The maximum atomic E-state index is 13.4. The Balaban J connectivity index is 1.71. The summed E-state index contributed by atoms with van der Waals surface area (Å²) in [6, 6.07) is 8.50. The third-order valence-electron chi connectivity index (χ3n) is 5.54. The molecule has 1 fully saturated rings. The summed E-state index contributed by atoms with van der Waals surface area (Å²) in [5.74, 6) is 0.665. The van der Waals surface area contributed by atoms with Gasteiger partial charge in [-0.2, -0.15) is 0 Å². The minimum absolute atomic E-state index is 0.0818. The molecule has 1 N–H and O–H groups in total. The van der Waals surface area contributed by atoms with E-state index in [0.29, 0.717) is 54.4 Å². The van der Waals surface area contributed by atoms with Gasteiger partial charge in [-0.1, -0.05) is 18.2 Å². The number of hydrogen-bond donors (Lipinski definition) is 1. The van der Waals surface area contributed by atoms with Crippen LogP contribution in [0.25, 0.3) is 17.0 Å². The summed E-state index contributed by atoms with van der Waals surface area (Å²) in [5.41, 5.74) is 1.20. The number of morpholine rings is 1. The average Bonchev–Trinajstić information content (AvgIpc) is 3.32.